The average molecular weight is 503 g/mol. The van der Waals surface area contributed by atoms with Gasteiger partial charge in [-0.1, -0.05) is 41.1 Å². The summed E-state index contributed by atoms with van der Waals surface area (Å²) in [5.74, 6) is -0.887. The minimum absolute atomic E-state index is 0.0798. The Morgan fingerprint density at radius 3 is 2.56 bits per heavy atom. The van der Waals surface area contributed by atoms with Crippen molar-refractivity contribution in [3.8, 4) is 6.07 Å². The molecule has 0 unspecified atom stereocenters. The number of thiazole rings is 1. The Morgan fingerprint density at radius 1 is 1.19 bits per heavy atom. The van der Waals surface area contributed by atoms with Crippen LogP contribution in [0.4, 0.5) is 10.8 Å². The molecule has 11 heteroatoms. The van der Waals surface area contributed by atoms with Crippen LogP contribution in [-0.2, 0) is 16.6 Å². The van der Waals surface area contributed by atoms with E-state index in [1.165, 1.54) is 0 Å². The number of thiophene rings is 1. The number of benzene rings is 2. The SMILES string of the molecule is CS(=O)(=O)NC(=O)c1nc(N(Cc2cc3ccccc3s2)c2ccc(C#N)cc2)sc1Cl. The van der Waals surface area contributed by atoms with Crippen LogP contribution < -0.4 is 9.62 Å². The second-order valence-electron chi connectivity index (χ2n) is 6.82. The van der Waals surface area contributed by atoms with Crippen LogP contribution >= 0.6 is 34.3 Å². The maximum atomic E-state index is 12.3. The molecule has 1 amide bonds. The van der Waals surface area contributed by atoms with Gasteiger partial charge in [0.05, 0.1) is 24.4 Å². The van der Waals surface area contributed by atoms with E-state index in [9.17, 15) is 13.2 Å². The smallest absolute Gasteiger partial charge is 0.285 e. The van der Waals surface area contributed by atoms with E-state index in [0.29, 0.717) is 17.2 Å². The highest BCUT2D eigenvalue weighted by Gasteiger charge is 2.24. The van der Waals surface area contributed by atoms with Crippen molar-refractivity contribution < 1.29 is 13.2 Å². The van der Waals surface area contributed by atoms with Crippen molar-refractivity contribution in [3.05, 3.63) is 75.1 Å². The number of carbonyl (C=O) groups excluding carboxylic acids is 1. The summed E-state index contributed by atoms with van der Waals surface area (Å²) in [4.78, 5) is 19.6. The van der Waals surface area contributed by atoms with Gasteiger partial charge in [-0.25, -0.2) is 18.1 Å². The van der Waals surface area contributed by atoms with Crippen LogP contribution in [-0.4, -0.2) is 25.6 Å². The summed E-state index contributed by atoms with van der Waals surface area (Å²) in [6.45, 7) is 0.447. The second kappa shape index (κ2) is 8.88. The van der Waals surface area contributed by atoms with Crippen molar-refractivity contribution in [2.45, 2.75) is 6.54 Å². The van der Waals surface area contributed by atoms with Crippen molar-refractivity contribution in [1.29, 1.82) is 5.26 Å². The van der Waals surface area contributed by atoms with E-state index in [2.05, 4.69) is 17.1 Å². The highest BCUT2D eigenvalue weighted by Crippen LogP contribution is 2.37. The molecule has 0 saturated carbocycles. The number of nitrogens with one attached hydrogen (secondary N) is 1. The minimum Gasteiger partial charge on any atom is -0.313 e. The molecule has 7 nitrogen and oxygen atoms in total. The maximum absolute atomic E-state index is 12.3. The molecule has 2 aromatic heterocycles. The maximum Gasteiger partial charge on any atom is 0.285 e. The first-order valence-electron chi connectivity index (χ1n) is 9.17. The van der Waals surface area contributed by atoms with Crippen LogP contribution in [0.15, 0.2) is 54.6 Å². The number of hydrogen-bond donors (Lipinski definition) is 1. The highest BCUT2D eigenvalue weighted by atomic mass is 35.5. The molecule has 0 fully saturated rings. The third-order valence-corrected chi connectivity index (χ3v) is 7.33. The lowest BCUT2D eigenvalue weighted by Crippen LogP contribution is -2.29. The number of fused-ring (bicyclic) bond motifs is 1. The summed E-state index contributed by atoms with van der Waals surface area (Å²) < 4.78 is 26.0. The van der Waals surface area contributed by atoms with Gasteiger partial charge in [-0.05, 0) is 41.8 Å². The number of nitriles is 1. The average Bonchev–Trinajstić information content (AvgIpc) is 3.33. The fourth-order valence-corrected chi connectivity index (χ4v) is 5.65. The summed E-state index contributed by atoms with van der Waals surface area (Å²) in [7, 11) is -3.76. The van der Waals surface area contributed by atoms with E-state index in [1.807, 2.05) is 33.9 Å². The fraction of sp³-hybridized carbons (Fsp3) is 0.0952. The Morgan fingerprint density at radius 2 is 1.91 bits per heavy atom. The normalized spacial score (nSPS) is 11.3. The lowest BCUT2D eigenvalue weighted by atomic mass is 10.2. The number of carbonyl (C=O) groups is 1. The third kappa shape index (κ3) is 4.92. The second-order valence-corrected chi connectivity index (χ2v) is 11.3. The van der Waals surface area contributed by atoms with Gasteiger partial charge in [0.25, 0.3) is 5.91 Å². The Kier molecular flexibility index (Phi) is 6.17. The van der Waals surface area contributed by atoms with E-state index in [0.717, 1.165) is 38.2 Å². The van der Waals surface area contributed by atoms with Gasteiger partial charge in [-0.3, -0.25) is 4.79 Å². The topological polar surface area (TPSA) is 103 Å². The molecule has 0 aliphatic carbocycles. The molecule has 4 rings (SSSR count). The number of amides is 1. The van der Waals surface area contributed by atoms with Gasteiger partial charge in [-0.15, -0.1) is 11.3 Å². The number of hydrogen-bond acceptors (Lipinski definition) is 8. The molecule has 0 spiro atoms. The molecule has 0 bridgehead atoms. The molecule has 1 N–H and O–H groups in total. The Hall–Kier alpha value is -2.97. The molecule has 2 aromatic carbocycles. The lowest BCUT2D eigenvalue weighted by Gasteiger charge is -2.21. The molecule has 162 valence electrons. The molecule has 0 atom stereocenters. The van der Waals surface area contributed by atoms with E-state index in [1.54, 1.807) is 35.6 Å². The van der Waals surface area contributed by atoms with Gasteiger partial charge < -0.3 is 4.90 Å². The first-order valence-corrected chi connectivity index (χ1v) is 13.1. The van der Waals surface area contributed by atoms with Gasteiger partial charge in [-0.2, -0.15) is 5.26 Å². The zero-order valence-electron chi connectivity index (χ0n) is 16.6. The number of anilines is 2. The largest absolute Gasteiger partial charge is 0.313 e. The summed E-state index contributed by atoms with van der Waals surface area (Å²) in [5, 5.41) is 10.7. The highest BCUT2D eigenvalue weighted by molar-refractivity contribution is 7.89. The van der Waals surface area contributed by atoms with Crippen LogP contribution in [0, 0.1) is 11.3 Å². The number of halogens is 1. The number of aromatic nitrogens is 1. The summed E-state index contributed by atoms with van der Waals surface area (Å²) in [5.41, 5.74) is 1.11. The van der Waals surface area contributed by atoms with Crippen LogP contribution in [0.1, 0.15) is 20.9 Å². The number of nitrogens with zero attached hydrogens (tertiary/aromatic N) is 3. The van der Waals surface area contributed by atoms with Gasteiger partial charge in [0.15, 0.2) is 10.8 Å². The summed E-state index contributed by atoms with van der Waals surface area (Å²) >= 11 is 8.96. The minimum atomic E-state index is -3.76. The van der Waals surface area contributed by atoms with Gasteiger partial charge in [0.2, 0.25) is 10.0 Å². The van der Waals surface area contributed by atoms with Gasteiger partial charge in [0.1, 0.15) is 4.34 Å². The molecule has 32 heavy (non-hydrogen) atoms. The first kappa shape index (κ1) is 22.2. The Balaban J connectivity index is 1.74. The monoisotopic (exact) mass is 502 g/mol. The number of sulfonamides is 1. The Bertz CT molecular complexity index is 1420. The van der Waals surface area contributed by atoms with Crippen molar-refractivity contribution >= 4 is 71.1 Å². The van der Waals surface area contributed by atoms with Gasteiger partial charge >= 0.3 is 0 Å². The Labute approximate surface area is 197 Å². The van der Waals surface area contributed by atoms with Crippen LogP contribution in [0.25, 0.3) is 10.1 Å². The molecular weight excluding hydrogens is 488 g/mol. The van der Waals surface area contributed by atoms with E-state index in [-0.39, 0.29) is 10.0 Å². The number of rotatable bonds is 6. The van der Waals surface area contributed by atoms with Crippen molar-refractivity contribution in [2.24, 2.45) is 0 Å². The molecule has 0 aliphatic heterocycles. The lowest BCUT2D eigenvalue weighted by molar-refractivity contribution is 0.0977. The summed E-state index contributed by atoms with van der Waals surface area (Å²) in [6.07, 6.45) is 0.886. The van der Waals surface area contributed by atoms with Gasteiger partial charge in [0, 0.05) is 15.3 Å². The molecule has 2 heterocycles. The molecule has 4 aromatic rings. The molecule has 0 aliphatic rings. The quantitative estimate of drug-likeness (QED) is 0.401. The van der Waals surface area contributed by atoms with E-state index in [4.69, 9.17) is 16.9 Å². The molecule has 0 saturated heterocycles. The first-order chi connectivity index (χ1) is 15.2. The molecule has 0 radical (unpaired) electrons. The standard InChI is InChI=1S/C21H15ClN4O3S3/c1-32(28,29)25-20(27)18-19(22)31-21(24-18)26(15-8-6-13(11-23)7-9-15)12-16-10-14-4-2-3-5-17(14)30-16/h2-10H,12H2,1H3,(H,25,27). The van der Waals surface area contributed by atoms with Crippen LogP contribution in [0.3, 0.4) is 0 Å². The van der Waals surface area contributed by atoms with Crippen molar-refractivity contribution in [3.63, 3.8) is 0 Å². The van der Waals surface area contributed by atoms with E-state index < -0.39 is 15.9 Å². The third-order valence-electron chi connectivity index (χ3n) is 4.40. The van der Waals surface area contributed by atoms with E-state index >= 15 is 0 Å². The van der Waals surface area contributed by atoms with Crippen molar-refractivity contribution in [1.82, 2.24) is 9.71 Å². The molecular formula is C21H15ClN4O3S3. The fourth-order valence-electron chi connectivity index (χ4n) is 3.02. The van der Waals surface area contributed by atoms with Crippen LogP contribution in [0.5, 0.6) is 0 Å². The zero-order valence-corrected chi connectivity index (χ0v) is 19.8. The van der Waals surface area contributed by atoms with Crippen LogP contribution in [0.2, 0.25) is 4.34 Å². The van der Waals surface area contributed by atoms with Crippen molar-refractivity contribution in [2.75, 3.05) is 11.2 Å². The predicted molar refractivity (Wildman–Crippen MR) is 128 cm³/mol. The predicted octanol–water partition coefficient (Wildman–Crippen LogP) is 4.91. The summed E-state index contributed by atoms with van der Waals surface area (Å²) in [6, 6.07) is 19.2. The zero-order chi connectivity index (χ0) is 22.9.